The summed E-state index contributed by atoms with van der Waals surface area (Å²) in [7, 11) is 3.12. The molecule has 1 aliphatic heterocycles. The zero-order valence-corrected chi connectivity index (χ0v) is 16.2. The van der Waals surface area contributed by atoms with Gasteiger partial charge in [-0.25, -0.2) is 4.79 Å². The molecule has 0 saturated heterocycles. The number of nitrogens with zero attached hydrogens (tertiary/aromatic N) is 2. The molecule has 3 rings (SSSR count). The van der Waals surface area contributed by atoms with Crippen molar-refractivity contribution in [2.24, 2.45) is 0 Å². The molecule has 0 unspecified atom stereocenters. The first-order valence-electron chi connectivity index (χ1n) is 8.03. The maximum absolute atomic E-state index is 12.5. The summed E-state index contributed by atoms with van der Waals surface area (Å²) in [5.41, 5.74) is 1.89. The molecule has 0 saturated carbocycles. The van der Waals surface area contributed by atoms with Crippen molar-refractivity contribution in [3.8, 4) is 0 Å². The molecule has 0 atom stereocenters. The molecular weight excluding hydrogens is 391 g/mol. The normalized spacial score (nSPS) is 13.3. The fourth-order valence-corrected chi connectivity index (χ4v) is 3.21. The number of ether oxygens (including phenoxy) is 1. The first kappa shape index (κ1) is 19.4. The van der Waals surface area contributed by atoms with Crippen LogP contribution in [0.2, 0.25) is 10.0 Å². The summed E-state index contributed by atoms with van der Waals surface area (Å²) in [5, 5.41) is 0.468. The number of rotatable bonds is 5. The smallest absolute Gasteiger partial charge is 0.337 e. The molecule has 1 heterocycles. The van der Waals surface area contributed by atoms with E-state index in [1.165, 1.54) is 19.2 Å². The maximum Gasteiger partial charge on any atom is 0.337 e. The van der Waals surface area contributed by atoms with Crippen molar-refractivity contribution in [1.82, 2.24) is 9.80 Å². The van der Waals surface area contributed by atoms with Crippen LogP contribution in [-0.4, -0.2) is 48.4 Å². The van der Waals surface area contributed by atoms with Crippen molar-refractivity contribution in [3.63, 3.8) is 0 Å². The molecule has 2 amide bonds. The number of fused-ring (bicyclic) bond motifs is 1. The number of halogens is 2. The van der Waals surface area contributed by atoms with Crippen molar-refractivity contribution in [1.29, 1.82) is 0 Å². The average Bonchev–Trinajstić information content (AvgIpc) is 2.86. The Balaban J connectivity index is 1.69. The molecule has 140 valence electrons. The van der Waals surface area contributed by atoms with Gasteiger partial charge in [-0.3, -0.25) is 19.4 Å². The van der Waals surface area contributed by atoms with Crippen LogP contribution in [-0.2, 0) is 11.3 Å². The highest BCUT2D eigenvalue weighted by Gasteiger charge is 2.36. The number of benzene rings is 2. The number of amides is 2. The summed E-state index contributed by atoms with van der Waals surface area (Å²) < 4.78 is 4.67. The molecule has 0 fully saturated rings. The maximum atomic E-state index is 12.5. The zero-order chi connectivity index (χ0) is 19.7. The lowest BCUT2D eigenvalue weighted by atomic mass is 10.1. The van der Waals surface area contributed by atoms with Crippen LogP contribution in [0.25, 0.3) is 0 Å². The van der Waals surface area contributed by atoms with Gasteiger partial charge in [0.1, 0.15) is 0 Å². The minimum Gasteiger partial charge on any atom is -0.465 e. The second kappa shape index (κ2) is 7.68. The van der Waals surface area contributed by atoms with Crippen LogP contribution >= 0.6 is 23.2 Å². The van der Waals surface area contributed by atoms with Crippen LogP contribution < -0.4 is 0 Å². The fraction of sp³-hybridized carbons (Fsp3) is 0.211. The third kappa shape index (κ3) is 3.83. The Labute approximate surface area is 166 Å². The molecule has 0 bridgehead atoms. The Morgan fingerprint density at radius 2 is 1.56 bits per heavy atom. The van der Waals surface area contributed by atoms with Crippen LogP contribution in [0.3, 0.4) is 0 Å². The van der Waals surface area contributed by atoms with Gasteiger partial charge in [0, 0.05) is 6.54 Å². The Morgan fingerprint density at radius 3 is 2.04 bits per heavy atom. The van der Waals surface area contributed by atoms with Gasteiger partial charge in [-0.15, -0.1) is 0 Å². The number of carbonyl (C=O) groups excluding carboxylic acids is 3. The molecule has 8 heteroatoms. The number of hydrogen-bond acceptors (Lipinski definition) is 5. The lowest BCUT2D eigenvalue weighted by Gasteiger charge is -2.22. The summed E-state index contributed by atoms with van der Waals surface area (Å²) in [6.45, 7) is 0.594. The summed E-state index contributed by atoms with van der Waals surface area (Å²) in [6, 6.07) is 9.77. The first-order valence-corrected chi connectivity index (χ1v) is 8.78. The van der Waals surface area contributed by atoms with E-state index < -0.39 is 17.8 Å². The molecule has 0 N–H and O–H groups in total. The van der Waals surface area contributed by atoms with Gasteiger partial charge in [0.15, 0.2) is 0 Å². The van der Waals surface area contributed by atoms with E-state index in [1.54, 1.807) is 31.3 Å². The number of esters is 1. The van der Waals surface area contributed by atoms with E-state index >= 15 is 0 Å². The third-order valence-electron chi connectivity index (χ3n) is 4.22. The summed E-state index contributed by atoms with van der Waals surface area (Å²) in [5.74, 6) is -1.21. The van der Waals surface area contributed by atoms with Crippen LogP contribution in [0.5, 0.6) is 0 Å². The van der Waals surface area contributed by atoms with Gasteiger partial charge in [0.25, 0.3) is 11.8 Å². The largest absolute Gasteiger partial charge is 0.465 e. The lowest BCUT2D eigenvalue weighted by molar-refractivity contribution is 0.0555. The quantitative estimate of drug-likeness (QED) is 0.561. The van der Waals surface area contributed by atoms with Gasteiger partial charge in [-0.2, -0.15) is 0 Å². The topological polar surface area (TPSA) is 66.9 Å². The molecule has 0 spiro atoms. The van der Waals surface area contributed by atoms with Crippen LogP contribution in [0, 0.1) is 0 Å². The number of hydrogen-bond donors (Lipinski definition) is 0. The second-order valence-electron chi connectivity index (χ2n) is 6.19. The predicted octanol–water partition coefficient (Wildman–Crippen LogP) is 3.47. The summed E-state index contributed by atoms with van der Waals surface area (Å²) in [6.07, 6.45) is 0. The highest BCUT2D eigenvalue weighted by molar-refractivity contribution is 6.43. The van der Waals surface area contributed by atoms with Gasteiger partial charge in [0.05, 0.1) is 40.5 Å². The van der Waals surface area contributed by atoms with E-state index in [1.807, 2.05) is 4.90 Å². The molecule has 0 radical (unpaired) electrons. The number of imide groups is 1. The molecular formula is C19H16Cl2N2O4. The van der Waals surface area contributed by atoms with Crippen molar-refractivity contribution in [2.75, 3.05) is 20.8 Å². The molecule has 0 aromatic heterocycles. The highest BCUT2D eigenvalue weighted by Crippen LogP contribution is 2.31. The standard InChI is InChI=1S/C19H16Cl2N2O4/c1-22(9-11-3-5-12(6-4-11)19(26)27-2)10-23-17(24)13-7-15(20)16(21)8-14(13)18(23)25/h3-8H,9-10H2,1-2H3. The van der Waals surface area contributed by atoms with E-state index in [0.717, 1.165) is 10.5 Å². The third-order valence-corrected chi connectivity index (χ3v) is 4.94. The van der Waals surface area contributed by atoms with Crippen molar-refractivity contribution < 1.29 is 19.1 Å². The van der Waals surface area contributed by atoms with Crippen molar-refractivity contribution >= 4 is 41.0 Å². The van der Waals surface area contributed by atoms with Gasteiger partial charge in [-0.1, -0.05) is 35.3 Å². The number of methoxy groups -OCH3 is 1. The Bertz CT molecular complexity index is 887. The minimum atomic E-state index is -0.404. The van der Waals surface area contributed by atoms with Gasteiger partial charge in [0.2, 0.25) is 0 Å². The molecule has 0 aliphatic carbocycles. The average molecular weight is 407 g/mol. The van der Waals surface area contributed by atoms with Gasteiger partial charge in [-0.05, 0) is 36.9 Å². The Kier molecular flexibility index (Phi) is 5.51. The van der Waals surface area contributed by atoms with E-state index in [-0.39, 0.29) is 27.8 Å². The highest BCUT2D eigenvalue weighted by atomic mass is 35.5. The second-order valence-corrected chi connectivity index (χ2v) is 7.01. The zero-order valence-electron chi connectivity index (χ0n) is 14.7. The summed E-state index contributed by atoms with van der Waals surface area (Å²) in [4.78, 5) is 39.5. The monoisotopic (exact) mass is 406 g/mol. The van der Waals surface area contributed by atoms with Crippen LogP contribution in [0.1, 0.15) is 36.6 Å². The Morgan fingerprint density at radius 1 is 1.04 bits per heavy atom. The lowest BCUT2D eigenvalue weighted by Crippen LogP contribution is -2.39. The van der Waals surface area contributed by atoms with Gasteiger partial charge >= 0.3 is 5.97 Å². The SMILES string of the molecule is COC(=O)c1ccc(CN(C)CN2C(=O)c3cc(Cl)c(Cl)cc3C2=O)cc1. The molecule has 6 nitrogen and oxygen atoms in total. The van der Waals surface area contributed by atoms with Crippen molar-refractivity contribution in [3.05, 3.63) is 68.7 Å². The summed E-state index contributed by atoms with van der Waals surface area (Å²) >= 11 is 11.9. The number of carbonyl (C=O) groups is 3. The van der Waals surface area contributed by atoms with E-state index in [0.29, 0.717) is 12.1 Å². The van der Waals surface area contributed by atoms with Crippen LogP contribution in [0.15, 0.2) is 36.4 Å². The molecule has 1 aliphatic rings. The van der Waals surface area contributed by atoms with E-state index in [9.17, 15) is 14.4 Å². The molecule has 2 aromatic carbocycles. The minimum absolute atomic E-state index is 0.111. The Hall–Kier alpha value is -2.41. The van der Waals surface area contributed by atoms with E-state index in [2.05, 4.69) is 4.74 Å². The first-order chi connectivity index (χ1) is 12.8. The van der Waals surface area contributed by atoms with Gasteiger partial charge < -0.3 is 4.74 Å². The molecule has 27 heavy (non-hydrogen) atoms. The predicted molar refractivity (Wildman–Crippen MR) is 101 cm³/mol. The van der Waals surface area contributed by atoms with E-state index in [4.69, 9.17) is 23.2 Å². The molecule has 2 aromatic rings. The van der Waals surface area contributed by atoms with Crippen molar-refractivity contribution in [2.45, 2.75) is 6.54 Å². The fourth-order valence-electron chi connectivity index (χ4n) is 2.88. The van der Waals surface area contributed by atoms with Crippen LogP contribution in [0.4, 0.5) is 0 Å².